The Morgan fingerprint density at radius 1 is 0.536 bits per heavy atom. The Hall–Kier alpha value is -1.98. The van der Waals surface area contributed by atoms with Gasteiger partial charge in [0.2, 0.25) is 0 Å². The topological polar surface area (TPSA) is 24.9 Å². The zero-order valence-electron chi connectivity index (χ0n) is 16.4. The van der Waals surface area contributed by atoms with Crippen LogP contribution in [0.3, 0.4) is 0 Å². The van der Waals surface area contributed by atoms with Gasteiger partial charge in [-0.05, 0) is 32.7 Å². The van der Waals surface area contributed by atoms with Crippen molar-refractivity contribution < 1.29 is 9.47 Å². The summed E-state index contributed by atoms with van der Waals surface area (Å²) in [5.74, 6) is 0. The number of hydrogen-bond acceptors (Lipinski definition) is 4. The number of fused-ring (bicyclic) bond motifs is 2. The highest BCUT2D eigenvalue weighted by Crippen LogP contribution is 2.34. The van der Waals surface area contributed by atoms with E-state index in [2.05, 4.69) is 58.3 Å². The molecule has 2 heterocycles. The maximum atomic E-state index is 5.56. The predicted molar refractivity (Wildman–Crippen MR) is 114 cm³/mol. The van der Waals surface area contributed by atoms with E-state index < -0.39 is 0 Å². The Kier molecular flexibility index (Phi) is 5.28. The Labute approximate surface area is 166 Å². The fourth-order valence-corrected chi connectivity index (χ4v) is 4.62. The smallest absolute Gasteiger partial charge is 0.0594 e. The Morgan fingerprint density at radius 3 is 1.18 bits per heavy atom. The van der Waals surface area contributed by atoms with Crippen LogP contribution < -0.4 is 0 Å². The van der Waals surface area contributed by atoms with E-state index in [1.54, 1.807) is 0 Å². The van der Waals surface area contributed by atoms with Crippen molar-refractivity contribution in [3.05, 3.63) is 59.7 Å². The first-order chi connectivity index (χ1) is 13.9. The number of ether oxygens (including phenoxy) is 2. The lowest BCUT2D eigenvalue weighted by molar-refractivity contribution is 0.0342. The van der Waals surface area contributed by atoms with E-state index in [0.29, 0.717) is 0 Å². The zero-order valence-corrected chi connectivity index (χ0v) is 16.4. The summed E-state index contributed by atoms with van der Waals surface area (Å²) in [6.07, 6.45) is 0. The SMILES string of the molecule is c1ccc2c(CN3CCOCC3)c3ccccc3c(CN3CCOCC3)c2c1. The van der Waals surface area contributed by atoms with Gasteiger partial charge in [-0.1, -0.05) is 48.5 Å². The number of morpholine rings is 2. The van der Waals surface area contributed by atoms with Gasteiger partial charge in [-0.25, -0.2) is 0 Å². The predicted octanol–water partition coefficient (Wildman–Crippen LogP) is 3.66. The van der Waals surface area contributed by atoms with Gasteiger partial charge in [-0.15, -0.1) is 0 Å². The van der Waals surface area contributed by atoms with E-state index in [1.807, 2.05) is 0 Å². The van der Waals surface area contributed by atoms with Crippen LogP contribution in [-0.4, -0.2) is 62.4 Å². The second-order valence-electron chi connectivity index (χ2n) is 7.83. The van der Waals surface area contributed by atoms with E-state index in [-0.39, 0.29) is 0 Å². The standard InChI is InChI=1S/C24H28N2O2/c1-2-6-20-19(5-1)23(17-25-9-13-27-14-10-25)21-7-3-4-8-22(21)24(20)18-26-11-15-28-16-12-26/h1-8H,9-18H2. The van der Waals surface area contributed by atoms with Crippen molar-refractivity contribution in [3.63, 3.8) is 0 Å². The summed E-state index contributed by atoms with van der Waals surface area (Å²) in [6, 6.07) is 17.9. The minimum atomic E-state index is 0.838. The normalized spacial score (nSPS) is 19.4. The van der Waals surface area contributed by atoms with Gasteiger partial charge >= 0.3 is 0 Å². The molecule has 2 saturated heterocycles. The molecule has 0 aromatic heterocycles. The summed E-state index contributed by atoms with van der Waals surface area (Å²) in [4.78, 5) is 5.05. The van der Waals surface area contributed by atoms with Crippen LogP contribution in [0.1, 0.15) is 11.1 Å². The average molecular weight is 377 g/mol. The first-order valence-electron chi connectivity index (χ1n) is 10.4. The molecule has 2 fully saturated rings. The monoisotopic (exact) mass is 376 g/mol. The molecule has 146 valence electrons. The second kappa shape index (κ2) is 8.18. The molecule has 5 rings (SSSR count). The average Bonchev–Trinajstić information content (AvgIpc) is 2.77. The molecule has 0 bridgehead atoms. The van der Waals surface area contributed by atoms with Crippen LogP contribution in [0, 0.1) is 0 Å². The van der Waals surface area contributed by atoms with Gasteiger partial charge < -0.3 is 9.47 Å². The van der Waals surface area contributed by atoms with E-state index in [1.165, 1.54) is 32.7 Å². The molecule has 3 aromatic rings. The Morgan fingerprint density at radius 2 is 0.857 bits per heavy atom. The van der Waals surface area contributed by atoms with Crippen molar-refractivity contribution >= 4 is 21.5 Å². The molecule has 0 radical (unpaired) electrons. The van der Waals surface area contributed by atoms with Gasteiger partial charge in [0.05, 0.1) is 26.4 Å². The van der Waals surface area contributed by atoms with Gasteiger partial charge in [0.1, 0.15) is 0 Å². The zero-order chi connectivity index (χ0) is 18.8. The number of rotatable bonds is 4. The highest BCUT2D eigenvalue weighted by molar-refractivity contribution is 6.05. The lowest BCUT2D eigenvalue weighted by Gasteiger charge is -2.30. The van der Waals surface area contributed by atoms with Crippen LogP contribution in [0.15, 0.2) is 48.5 Å². The highest BCUT2D eigenvalue weighted by Gasteiger charge is 2.19. The van der Waals surface area contributed by atoms with Crippen LogP contribution in [0.4, 0.5) is 0 Å². The first kappa shape index (κ1) is 18.1. The molecule has 28 heavy (non-hydrogen) atoms. The molecule has 0 N–H and O–H groups in total. The summed E-state index contributed by atoms with van der Waals surface area (Å²) >= 11 is 0. The van der Waals surface area contributed by atoms with E-state index in [9.17, 15) is 0 Å². The third-order valence-electron chi connectivity index (χ3n) is 6.13. The van der Waals surface area contributed by atoms with Crippen molar-refractivity contribution in [3.8, 4) is 0 Å². The van der Waals surface area contributed by atoms with Crippen LogP contribution in [0.2, 0.25) is 0 Å². The summed E-state index contributed by atoms with van der Waals surface area (Å²) in [7, 11) is 0. The van der Waals surface area contributed by atoms with Crippen molar-refractivity contribution in [2.75, 3.05) is 52.6 Å². The fraction of sp³-hybridized carbons (Fsp3) is 0.417. The maximum absolute atomic E-state index is 5.56. The molecular weight excluding hydrogens is 348 g/mol. The van der Waals surface area contributed by atoms with E-state index in [0.717, 1.165) is 65.7 Å². The van der Waals surface area contributed by atoms with E-state index >= 15 is 0 Å². The number of benzene rings is 3. The minimum absolute atomic E-state index is 0.838. The second-order valence-corrected chi connectivity index (χ2v) is 7.83. The van der Waals surface area contributed by atoms with Gasteiger partial charge in [0.15, 0.2) is 0 Å². The minimum Gasteiger partial charge on any atom is -0.379 e. The molecular formula is C24H28N2O2. The third kappa shape index (κ3) is 3.53. The number of hydrogen-bond donors (Lipinski definition) is 0. The summed E-state index contributed by atoms with van der Waals surface area (Å²) in [5.41, 5.74) is 2.91. The maximum Gasteiger partial charge on any atom is 0.0594 e. The van der Waals surface area contributed by atoms with E-state index in [4.69, 9.17) is 9.47 Å². The molecule has 0 saturated carbocycles. The molecule has 2 aliphatic heterocycles. The molecule has 4 nitrogen and oxygen atoms in total. The Balaban J connectivity index is 1.64. The van der Waals surface area contributed by atoms with Gasteiger partial charge in [-0.3, -0.25) is 9.80 Å². The summed E-state index contributed by atoms with van der Waals surface area (Å²) in [5, 5.41) is 5.60. The molecule has 0 aliphatic carbocycles. The molecule has 0 atom stereocenters. The van der Waals surface area contributed by atoms with Crippen molar-refractivity contribution in [1.29, 1.82) is 0 Å². The highest BCUT2D eigenvalue weighted by atomic mass is 16.5. The lowest BCUT2D eigenvalue weighted by Crippen LogP contribution is -2.36. The first-order valence-corrected chi connectivity index (χ1v) is 10.4. The summed E-state index contributed by atoms with van der Waals surface area (Å²) in [6.45, 7) is 9.38. The molecule has 0 spiro atoms. The quantitative estimate of drug-likeness (QED) is 0.649. The lowest BCUT2D eigenvalue weighted by atomic mass is 9.91. The third-order valence-corrected chi connectivity index (χ3v) is 6.13. The van der Waals surface area contributed by atoms with Crippen LogP contribution in [0.5, 0.6) is 0 Å². The molecule has 4 heteroatoms. The van der Waals surface area contributed by atoms with Crippen LogP contribution in [-0.2, 0) is 22.6 Å². The van der Waals surface area contributed by atoms with Gasteiger partial charge in [0.25, 0.3) is 0 Å². The molecule has 3 aromatic carbocycles. The largest absolute Gasteiger partial charge is 0.379 e. The van der Waals surface area contributed by atoms with Crippen molar-refractivity contribution in [2.45, 2.75) is 13.1 Å². The fourth-order valence-electron chi connectivity index (χ4n) is 4.62. The molecule has 2 aliphatic rings. The number of nitrogens with zero attached hydrogens (tertiary/aromatic N) is 2. The molecule has 0 unspecified atom stereocenters. The molecule has 0 amide bonds. The van der Waals surface area contributed by atoms with Crippen molar-refractivity contribution in [1.82, 2.24) is 9.80 Å². The van der Waals surface area contributed by atoms with Crippen molar-refractivity contribution in [2.24, 2.45) is 0 Å². The van der Waals surface area contributed by atoms with Crippen LogP contribution >= 0.6 is 0 Å². The summed E-state index contributed by atoms with van der Waals surface area (Å²) < 4.78 is 11.1. The Bertz CT molecular complexity index is 824. The van der Waals surface area contributed by atoms with Gasteiger partial charge in [0, 0.05) is 39.3 Å². The van der Waals surface area contributed by atoms with Gasteiger partial charge in [-0.2, -0.15) is 0 Å². The van der Waals surface area contributed by atoms with Crippen LogP contribution in [0.25, 0.3) is 21.5 Å².